The lowest BCUT2D eigenvalue weighted by atomic mass is 9.78. The van der Waals surface area contributed by atoms with Gasteiger partial charge in [0.15, 0.2) is 0 Å². The van der Waals surface area contributed by atoms with Gasteiger partial charge < -0.3 is 27.1 Å². The van der Waals surface area contributed by atoms with Crippen molar-refractivity contribution in [1.29, 1.82) is 0 Å². The van der Waals surface area contributed by atoms with E-state index in [4.69, 9.17) is 27.1 Å². The molecule has 0 aromatic heterocycles. The van der Waals surface area contributed by atoms with Crippen LogP contribution < -0.4 is 27.1 Å². The van der Waals surface area contributed by atoms with E-state index in [1.54, 1.807) is 48.5 Å². The third-order valence-electron chi connectivity index (χ3n) is 9.75. The van der Waals surface area contributed by atoms with Gasteiger partial charge in [-0.05, 0) is 137 Å². The number of hydrogen-bond acceptors (Lipinski definition) is 8. The van der Waals surface area contributed by atoms with Crippen LogP contribution in [0.1, 0.15) is 69.5 Å². The van der Waals surface area contributed by atoms with Gasteiger partial charge in [-0.15, -0.1) is 0 Å². The van der Waals surface area contributed by atoms with Gasteiger partial charge in [-0.2, -0.15) is 9.13 Å². The van der Waals surface area contributed by atoms with Crippen LogP contribution in [0, 0.1) is 55.4 Å². The molecule has 6 aromatic carbocycles. The Morgan fingerprint density at radius 2 is 0.596 bits per heavy atom. The average Bonchev–Trinajstić information content (AvgIpc) is 3.14. The summed E-state index contributed by atoms with van der Waals surface area (Å²) in [6.07, 6.45) is 0. The fraction of sp³-hybridized carbons (Fsp3) is 0.234. The summed E-state index contributed by atoms with van der Waals surface area (Å²) in [6, 6.07) is 37.1. The summed E-state index contributed by atoms with van der Waals surface area (Å²) in [7, 11) is -8.44. The zero-order valence-electron chi connectivity index (χ0n) is 34.2. The van der Waals surface area contributed by atoms with Crippen molar-refractivity contribution in [2.24, 2.45) is 0 Å². The van der Waals surface area contributed by atoms with Crippen molar-refractivity contribution in [2.75, 3.05) is 0 Å². The molecule has 10 heteroatoms. The van der Waals surface area contributed by atoms with Gasteiger partial charge >= 0.3 is 15.6 Å². The Hall–Kier alpha value is -5.42. The van der Waals surface area contributed by atoms with Crippen molar-refractivity contribution in [3.05, 3.63) is 177 Å². The lowest BCUT2D eigenvalue weighted by molar-refractivity contribution is 0.295. The van der Waals surface area contributed by atoms with Gasteiger partial charge in [0.25, 0.3) is 0 Å². The first kappa shape index (κ1) is 41.2. The van der Waals surface area contributed by atoms with E-state index in [2.05, 4.69) is 13.8 Å². The fourth-order valence-corrected chi connectivity index (χ4v) is 9.26. The summed E-state index contributed by atoms with van der Waals surface area (Å²) >= 11 is 0. The molecule has 0 atom stereocenters. The molecule has 0 unspecified atom stereocenters. The molecule has 0 amide bonds. The molecule has 0 heterocycles. The highest BCUT2D eigenvalue weighted by atomic mass is 31.2. The lowest BCUT2D eigenvalue weighted by Crippen LogP contribution is -2.18. The highest BCUT2D eigenvalue weighted by Crippen LogP contribution is 2.53. The molecule has 0 aliphatic heterocycles. The lowest BCUT2D eigenvalue weighted by Gasteiger charge is -2.27. The molecule has 0 aliphatic carbocycles. The monoisotopic (exact) mass is 804 g/mol. The minimum Gasteiger partial charge on any atom is -0.386 e. The first-order valence-electron chi connectivity index (χ1n) is 18.8. The molecule has 0 saturated carbocycles. The van der Waals surface area contributed by atoms with E-state index in [9.17, 15) is 9.13 Å². The summed E-state index contributed by atoms with van der Waals surface area (Å²) in [5, 5.41) is 0. The van der Waals surface area contributed by atoms with E-state index in [0.717, 1.165) is 55.6 Å². The molecular formula is C47H50O8P2. The van der Waals surface area contributed by atoms with Crippen molar-refractivity contribution in [3.63, 3.8) is 0 Å². The van der Waals surface area contributed by atoms with Crippen LogP contribution in [0.3, 0.4) is 0 Å². The smallest absolute Gasteiger partial charge is 0.386 e. The molecule has 0 bridgehead atoms. The van der Waals surface area contributed by atoms with Gasteiger partial charge in [0.2, 0.25) is 0 Å². The predicted molar refractivity (Wildman–Crippen MR) is 228 cm³/mol. The molecule has 0 radical (unpaired) electrons. The van der Waals surface area contributed by atoms with Gasteiger partial charge in [-0.25, -0.2) is 0 Å². The minimum absolute atomic E-state index is 0.319. The quantitative estimate of drug-likeness (QED) is 0.101. The van der Waals surface area contributed by atoms with Gasteiger partial charge in [0.05, 0.1) is 0 Å². The molecule has 296 valence electrons. The highest BCUT2D eigenvalue weighted by molar-refractivity contribution is 7.50. The maximum Gasteiger partial charge on any atom is 0.647 e. The fourth-order valence-electron chi connectivity index (χ4n) is 6.49. The Kier molecular flexibility index (Phi) is 12.0. The molecule has 57 heavy (non-hydrogen) atoms. The zero-order valence-corrected chi connectivity index (χ0v) is 36.0. The second-order valence-electron chi connectivity index (χ2n) is 15.2. The van der Waals surface area contributed by atoms with Crippen LogP contribution in [0.15, 0.2) is 121 Å². The van der Waals surface area contributed by atoms with E-state index in [-0.39, 0.29) is 0 Å². The third kappa shape index (κ3) is 10.1. The number of hydrogen-bond donors (Lipinski definition) is 0. The molecule has 0 fully saturated rings. The standard InChI is InChI=1S/C47H50O8P2/c1-31-11-23-43(35(5)27-31)52-56(48,53-44-24-12-32(2)28-36(44)6)50-41-19-15-39(16-20-41)47(9,10)40-17-21-42(22-18-40)51-57(49,54-45-25-13-33(3)29-37(45)7)55-46-26-14-34(4)30-38(46)8/h11-30H,1-10H3. The summed E-state index contributed by atoms with van der Waals surface area (Å²) in [6.45, 7) is 19.7. The number of rotatable bonds is 14. The molecular weight excluding hydrogens is 754 g/mol. The van der Waals surface area contributed by atoms with Gasteiger partial charge in [-0.3, -0.25) is 0 Å². The van der Waals surface area contributed by atoms with Crippen LogP contribution in [-0.4, -0.2) is 0 Å². The van der Waals surface area contributed by atoms with E-state index < -0.39 is 21.1 Å². The molecule has 0 aliphatic rings. The predicted octanol–water partition coefficient (Wildman–Crippen LogP) is 13.8. The van der Waals surface area contributed by atoms with Gasteiger partial charge in [0, 0.05) is 5.41 Å². The summed E-state index contributed by atoms with van der Waals surface area (Å²) < 4.78 is 65.1. The summed E-state index contributed by atoms with van der Waals surface area (Å²) in [5.74, 6) is 2.26. The van der Waals surface area contributed by atoms with Crippen LogP contribution >= 0.6 is 15.6 Å². The zero-order chi connectivity index (χ0) is 41.1. The maximum absolute atomic E-state index is 14.4. The van der Waals surface area contributed by atoms with Crippen LogP contribution in [-0.2, 0) is 14.5 Å². The highest BCUT2D eigenvalue weighted by Gasteiger charge is 2.36. The Labute approximate surface area is 337 Å². The average molecular weight is 805 g/mol. The number of aryl methyl sites for hydroxylation is 8. The Balaban J connectivity index is 1.22. The first-order chi connectivity index (χ1) is 26.9. The Morgan fingerprint density at radius 1 is 0.351 bits per heavy atom. The minimum atomic E-state index is -4.22. The van der Waals surface area contributed by atoms with Gasteiger partial charge in [-0.1, -0.05) is 109 Å². The Morgan fingerprint density at radius 3 is 0.825 bits per heavy atom. The summed E-state index contributed by atoms with van der Waals surface area (Å²) in [5.41, 5.74) is 8.88. The molecule has 0 spiro atoms. The number of phosphoric acid groups is 2. The van der Waals surface area contributed by atoms with Crippen molar-refractivity contribution in [2.45, 2.75) is 74.7 Å². The number of benzene rings is 6. The van der Waals surface area contributed by atoms with E-state index in [1.807, 2.05) is 128 Å². The van der Waals surface area contributed by atoms with Crippen LogP contribution in [0.2, 0.25) is 0 Å². The van der Waals surface area contributed by atoms with Gasteiger partial charge in [0.1, 0.15) is 34.5 Å². The van der Waals surface area contributed by atoms with Crippen molar-refractivity contribution < 1.29 is 36.3 Å². The van der Waals surface area contributed by atoms with Crippen LogP contribution in [0.4, 0.5) is 0 Å². The second-order valence-corrected chi connectivity index (χ2v) is 18.1. The van der Waals surface area contributed by atoms with Crippen molar-refractivity contribution in [3.8, 4) is 34.5 Å². The topological polar surface area (TPSA) is 89.5 Å². The van der Waals surface area contributed by atoms with E-state index in [1.165, 1.54) is 0 Å². The Bertz CT molecular complexity index is 2200. The van der Waals surface area contributed by atoms with E-state index >= 15 is 0 Å². The van der Waals surface area contributed by atoms with Crippen molar-refractivity contribution in [1.82, 2.24) is 0 Å². The number of phosphoric ester groups is 2. The first-order valence-corrected chi connectivity index (χ1v) is 21.7. The molecule has 0 N–H and O–H groups in total. The summed E-state index contributed by atoms with van der Waals surface area (Å²) in [4.78, 5) is 0. The third-order valence-corrected chi connectivity index (χ3v) is 12.3. The molecule has 8 nitrogen and oxygen atoms in total. The van der Waals surface area contributed by atoms with E-state index in [0.29, 0.717) is 34.5 Å². The second kappa shape index (κ2) is 16.6. The van der Waals surface area contributed by atoms with Crippen LogP contribution in [0.5, 0.6) is 34.5 Å². The maximum atomic E-state index is 14.4. The normalized spacial score (nSPS) is 11.8. The van der Waals surface area contributed by atoms with Crippen molar-refractivity contribution >= 4 is 15.6 Å². The molecule has 6 aromatic rings. The molecule has 0 saturated heterocycles. The SMILES string of the molecule is Cc1ccc(OP(=O)(Oc2ccc(C(C)(C)c3ccc(OP(=O)(Oc4ccc(C)cc4C)Oc4ccc(C)cc4C)cc3)cc2)Oc2ccc(C)cc2C)c(C)c1. The largest absolute Gasteiger partial charge is 0.647 e. The molecule has 6 rings (SSSR count). The van der Waals surface area contributed by atoms with Crippen LogP contribution in [0.25, 0.3) is 0 Å².